The van der Waals surface area contributed by atoms with Crippen LogP contribution in [0.1, 0.15) is 44.6 Å². The number of phenolic OH excluding ortho intramolecular Hbond substituents is 1. The summed E-state index contributed by atoms with van der Waals surface area (Å²) in [7, 11) is 0. The monoisotopic (exact) mass is 650 g/mol. The van der Waals surface area contributed by atoms with Crippen molar-refractivity contribution in [2.24, 2.45) is 5.16 Å². The molecule has 47 heavy (non-hydrogen) atoms. The van der Waals surface area contributed by atoms with E-state index >= 15 is 8.78 Å². The third-order valence-electron chi connectivity index (χ3n) is 10.4. The summed E-state index contributed by atoms with van der Waals surface area (Å²) in [6.45, 7) is 3.93. The van der Waals surface area contributed by atoms with Crippen LogP contribution in [-0.4, -0.2) is 87.5 Å². The Labute approximate surface area is 267 Å². The van der Waals surface area contributed by atoms with Gasteiger partial charge in [0, 0.05) is 60.0 Å². The molecule has 4 aliphatic rings. The lowest BCUT2D eigenvalue weighted by Gasteiger charge is -2.35. The highest BCUT2D eigenvalue weighted by atomic mass is 19.2. The minimum Gasteiger partial charge on any atom is -0.508 e. The van der Waals surface area contributed by atoms with Crippen molar-refractivity contribution in [3.8, 4) is 22.9 Å². The summed E-state index contributed by atoms with van der Waals surface area (Å²) in [6.07, 6.45) is 3.05. The molecule has 4 fully saturated rings. The van der Waals surface area contributed by atoms with Gasteiger partial charge in [0.05, 0.1) is 11.3 Å². The quantitative estimate of drug-likeness (QED) is 0.106. The van der Waals surface area contributed by atoms with Gasteiger partial charge in [0.2, 0.25) is 0 Å². The number of aromatic nitrogens is 2. The lowest BCUT2D eigenvalue weighted by molar-refractivity contribution is 0.107. The Morgan fingerprint density at radius 3 is 2.64 bits per heavy atom. The second kappa shape index (κ2) is 11.2. The SMILES string of the molecule is CC(=NO)c1cc2c(N3C[C@H]4CC[C@@H](C3)N4)nc(OC[C@@]34CCCN3C[C@H](F)C4)nc2c(F)c1-c1cc(O)cc2ccc(F)c(F)c12. The van der Waals surface area contributed by atoms with E-state index in [2.05, 4.69) is 25.3 Å². The van der Waals surface area contributed by atoms with Gasteiger partial charge in [0.25, 0.3) is 0 Å². The summed E-state index contributed by atoms with van der Waals surface area (Å²) in [5.74, 6) is -3.14. The Hall–Kier alpha value is -4.23. The smallest absolute Gasteiger partial charge is 0.319 e. The van der Waals surface area contributed by atoms with Crippen molar-refractivity contribution in [1.82, 2.24) is 20.2 Å². The fraction of sp³-hybridized carbons (Fsp3) is 0.441. The maximum absolute atomic E-state index is 17.2. The number of hydrogen-bond acceptors (Lipinski definition) is 9. The number of phenols is 1. The number of rotatable bonds is 6. The Balaban J connectivity index is 1.35. The zero-order valence-corrected chi connectivity index (χ0v) is 25.7. The molecule has 1 aromatic heterocycles. The van der Waals surface area contributed by atoms with Crippen molar-refractivity contribution in [2.75, 3.05) is 37.7 Å². The fourth-order valence-corrected chi connectivity index (χ4v) is 8.29. The van der Waals surface area contributed by atoms with Crippen LogP contribution in [0, 0.1) is 17.5 Å². The minimum atomic E-state index is -1.21. The third-order valence-corrected chi connectivity index (χ3v) is 10.4. The van der Waals surface area contributed by atoms with Crippen molar-refractivity contribution in [2.45, 2.75) is 62.8 Å². The summed E-state index contributed by atoms with van der Waals surface area (Å²) >= 11 is 0. The van der Waals surface area contributed by atoms with Crippen LogP contribution in [0.3, 0.4) is 0 Å². The van der Waals surface area contributed by atoms with Gasteiger partial charge >= 0.3 is 6.01 Å². The van der Waals surface area contributed by atoms with E-state index in [9.17, 15) is 19.1 Å². The normalized spacial score (nSPS) is 26.1. The average molecular weight is 651 g/mol. The molecule has 246 valence electrons. The molecule has 0 unspecified atom stereocenters. The van der Waals surface area contributed by atoms with Crippen LogP contribution in [0.2, 0.25) is 0 Å². The molecule has 4 aliphatic heterocycles. The minimum absolute atomic E-state index is 0.00296. The van der Waals surface area contributed by atoms with Crippen LogP contribution in [0.5, 0.6) is 11.8 Å². The van der Waals surface area contributed by atoms with Crippen LogP contribution >= 0.6 is 0 Å². The van der Waals surface area contributed by atoms with E-state index in [1.807, 2.05) is 0 Å². The number of halogens is 4. The maximum atomic E-state index is 17.2. The molecule has 4 saturated heterocycles. The molecular formula is C34H34F4N6O3. The topological polar surface area (TPSA) is 106 Å². The Morgan fingerprint density at radius 2 is 1.87 bits per heavy atom. The standard InChI is InChI=1S/C34H34F4N6O3/c1-17(42-46)23-11-25-31(30(38)28(23)24-10-22(45)9-18-3-6-26(36)29(37)27(18)24)40-33(41-32(25)43-14-20-4-5-21(15-43)39-20)47-16-34-7-2-8-44(34)13-19(35)12-34/h3,6,9-11,19-21,39,45-46H,2,4-5,7-8,12-16H2,1H3/t19-,20-,21+,34+/m1/s1. The van der Waals surface area contributed by atoms with Crippen molar-refractivity contribution < 1.29 is 32.6 Å². The third kappa shape index (κ3) is 4.93. The van der Waals surface area contributed by atoms with E-state index in [0.29, 0.717) is 37.3 Å². The molecule has 0 amide bonds. The summed E-state index contributed by atoms with van der Waals surface area (Å²) in [5.41, 5.74) is -0.905. The number of alkyl halides is 1. The van der Waals surface area contributed by atoms with Gasteiger partial charge in [-0.2, -0.15) is 9.97 Å². The number of anilines is 1. The Kier molecular flexibility index (Phi) is 7.17. The van der Waals surface area contributed by atoms with Gasteiger partial charge in [-0.05, 0) is 74.4 Å². The van der Waals surface area contributed by atoms with Gasteiger partial charge in [0.1, 0.15) is 29.9 Å². The van der Waals surface area contributed by atoms with E-state index in [0.717, 1.165) is 44.4 Å². The first kappa shape index (κ1) is 30.1. The number of nitrogens with one attached hydrogen (secondary N) is 1. The molecule has 2 bridgehead atoms. The van der Waals surface area contributed by atoms with E-state index in [-0.39, 0.29) is 69.1 Å². The number of nitrogens with zero attached hydrogens (tertiary/aromatic N) is 5. The molecule has 9 nitrogen and oxygen atoms in total. The van der Waals surface area contributed by atoms with E-state index in [1.54, 1.807) is 6.07 Å². The summed E-state index contributed by atoms with van der Waals surface area (Å²) in [6, 6.07) is 6.58. The van der Waals surface area contributed by atoms with Gasteiger partial charge in [-0.25, -0.2) is 17.6 Å². The predicted molar refractivity (Wildman–Crippen MR) is 169 cm³/mol. The molecule has 3 aromatic carbocycles. The number of fused-ring (bicyclic) bond motifs is 5. The number of benzene rings is 3. The zero-order chi connectivity index (χ0) is 32.6. The highest BCUT2D eigenvalue weighted by molar-refractivity contribution is 6.12. The van der Waals surface area contributed by atoms with Crippen LogP contribution in [0.25, 0.3) is 32.8 Å². The molecule has 3 N–H and O–H groups in total. The lowest BCUT2D eigenvalue weighted by atomic mass is 9.90. The molecule has 0 spiro atoms. The molecule has 0 aliphatic carbocycles. The highest BCUT2D eigenvalue weighted by Crippen LogP contribution is 2.44. The highest BCUT2D eigenvalue weighted by Gasteiger charge is 2.49. The van der Waals surface area contributed by atoms with Crippen LogP contribution in [-0.2, 0) is 0 Å². The largest absolute Gasteiger partial charge is 0.508 e. The summed E-state index contributed by atoms with van der Waals surface area (Å²) in [5, 5.41) is 27.6. The maximum Gasteiger partial charge on any atom is 0.319 e. The van der Waals surface area contributed by atoms with E-state index < -0.39 is 29.2 Å². The molecular weight excluding hydrogens is 616 g/mol. The van der Waals surface area contributed by atoms with Gasteiger partial charge in [0.15, 0.2) is 17.5 Å². The molecule has 4 aromatic rings. The van der Waals surface area contributed by atoms with Crippen molar-refractivity contribution in [3.63, 3.8) is 0 Å². The first-order valence-electron chi connectivity index (χ1n) is 16.0. The first-order valence-corrected chi connectivity index (χ1v) is 16.0. The van der Waals surface area contributed by atoms with E-state index in [1.165, 1.54) is 19.1 Å². The number of aromatic hydroxyl groups is 1. The lowest BCUT2D eigenvalue weighted by Crippen LogP contribution is -2.51. The number of piperazine rings is 1. The molecule has 8 rings (SSSR count). The summed E-state index contributed by atoms with van der Waals surface area (Å²) < 4.78 is 67.9. The second-order valence-corrected chi connectivity index (χ2v) is 13.4. The van der Waals surface area contributed by atoms with E-state index in [4.69, 9.17) is 9.72 Å². The van der Waals surface area contributed by atoms with Crippen LogP contribution < -0.4 is 15.0 Å². The molecule has 4 atom stereocenters. The van der Waals surface area contributed by atoms with Crippen molar-refractivity contribution >= 4 is 33.2 Å². The Morgan fingerprint density at radius 1 is 1.09 bits per heavy atom. The molecule has 0 radical (unpaired) electrons. The predicted octanol–water partition coefficient (Wildman–Crippen LogP) is 5.67. The van der Waals surface area contributed by atoms with Gasteiger partial charge in [-0.3, -0.25) is 4.90 Å². The summed E-state index contributed by atoms with van der Waals surface area (Å²) in [4.78, 5) is 13.5. The van der Waals surface area contributed by atoms with Gasteiger partial charge in [-0.1, -0.05) is 11.2 Å². The zero-order valence-electron chi connectivity index (χ0n) is 25.7. The van der Waals surface area contributed by atoms with Crippen LogP contribution in [0.4, 0.5) is 23.4 Å². The van der Waals surface area contributed by atoms with Gasteiger partial charge < -0.3 is 25.3 Å². The fourth-order valence-electron chi connectivity index (χ4n) is 8.29. The van der Waals surface area contributed by atoms with Crippen molar-refractivity contribution in [1.29, 1.82) is 0 Å². The van der Waals surface area contributed by atoms with Crippen molar-refractivity contribution in [3.05, 3.63) is 53.3 Å². The molecule has 0 saturated carbocycles. The van der Waals surface area contributed by atoms with Gasteiger partial charge in [-0.15, -0.1) is 0 Å². The Bertz CT molecular complexity index is 1950. The first-order chi connectivity index (χ1) is 22.6. The number of hydrogen-bond donors (Lipinski definition) is 3. The second-order valence-electron chi connectivity index (χ2n) is 13.4. The number of ether oxygens (including phenoxy) is 1. The average Bonchev–Trinajstić information content (AvgIpc) is 3.70. The molecule has 13 heteroatoms. The van der Waals surface area contributed by atoms with Crippen LogP contribution in [0.15, 0.2) is 35.5 Å². The molecule has 5 heterocycles. The number of oxime groups is 1.